The molecule has 0 atom stereocenters. The average Bonchev–Trinajstić information content (AvgIpc) is 2.39. The Bertz CT molecular complexity index is 672. The number of nitrogens with two attached hydrogens (primary N) is 1. The average molecular weight is 221 g/mol. The Morgan fingerprint density at radius 3 is 2.47 bits per heavy atom. The molecule has 3 nitrogen and oxygen atoms in total. The van der Waals surface area contributed by atoms with E-state index in [1.165, 1.54) is 0 Å². The SMILES string of the molecule is Nc1ccccc1-c1ncnc2ccccc12. The van der Waals surface area contributed by atoms with Crippen LogP contribution in [0.3, 0.4) is 0 Å². The molecule has 0 bridgehead atoms. The van der Waals surface area contributed by atoms with Gasteiger partial charge in [0.1, 0.15) is 6.33 Å². The van der Waals surface area contributed by atoms with Gasteiger partial charge in [-0.25, -0.2) is 9.97 Å². The molecule has 0 aliphatic carbocycles. The van der Waals surface area contributed by atoms with Gasteiger partial charge in [0.05, 0.1) is 11.2 Å². The molecule has 0 radical (unpaired) electrons. The summed E-state index contributed by atoms with van der Waals surface area (Å²) in [5, 5.41) is 1.02. The maximum absolute atomic E-state index is 5.98. The van der Waals surface area contributed by atoms with E-state index >= 15 is 0 Å². The quantitative estimate of drug-likeness (QED) is 0.643. The molecular formula is C14H11N3. The van der Waals surface area contributed by atoms with Crippen LogP contribution in [0.2, 0.25) is 0 Å². The number of benzene rings is 2. The second kappa shape index (κ2) is 3.87. The third-order valence-corrected chi connectivity index (χ3v) is 2.76. The van der Waals surface area contributed by atoms with E-state index < -0.39 is 0 Å². The first-order valence-electron chi connectivity index (χ1n) is 5.41. The molecule has 0 spiro atoms. The first-order chi connectivity index (χ1) is 8.36. The van der Waals surface area contributed by atoms with Crippen LogP contribution >= 0.6 is 0 Å². The van der Waals surface area contributed by atoms with Gasteiger partial charge in [0, 0.05) is 16.6 Å². The smallest absolute Gasteiger partial charge is 0.116 e. The summed E-state index contributed by atoms with van der Waals surface area (Å²) in [6, 6.07) is 15.7. The van der Waals surface area contributed by atoms with Gasteiger partial charge in [-0.05, 0) is 12.1 Å². The number of nitrogen functional groups attached to an aromatic ring is 1. The minimum absolute atomic E-state index is 0.733. The highest BCUT2D eigenvalue weighted by Crippen LogP contribution is 2.28. The van der Waals surface area contributed by atoms with Crippen molar-refractivity contribution in [2.24, 2.45) is 0 Å². The highest BCUT2D eigenvalue weighted by Gasteiger charge is 2.07. The van der Waals surface area contributed by atoms with Gasteiger partial charge in [-0.2, -0.15) is 0 Å². The molecule has 0 unspecified atom stereocenters. The van der Waals surface area contributed by atoms with Crippen molar-refractivity contribution in [1.82, 2.24) is 9.97 Å². The van der Waals surface area contributed by atoms with E-state index in [1.807, 2.05) is 48.5 Å². The first-order valence-corrected chi connectivity index (χ1v) is 5.41. The van der Waals surface area contributed by atoms with Gasteiger partial charge >= 0.3 is 0 Å². The summed E-state index contributed by atoms with van der Waals surface area (Å²) in [5.74, 6) is 0. The summed E-state index contributed by atoms with van der Waals surface area (Å²) in [5.41, 5.74) is 9.48. The maximum atomic E-state index is 5.98. The predicted octanol–water partition coefficient (Wildman–Crippen LogP) is 2.88. The Hall–Kier alpha value is -2.42. The van der Waals surface area contributed by atoms with Crippen molar-refractivity contribution in [2.45, 2.75) is 0 Å². The number of hydrogen-bond acceptors (Lipinski definition) is 3. The fraction of sp³-hybridized carbons (Fsp3) is 0. The molecule has 17 heavy (non-hydrogen) atoms. The van der Waals surface area contributed by atoms with E-state index in [2.05, 4.69) is 9.97 Å². The summed E-state index contributed by atoms with van der Waals surface area (Å²) in [6.07, 6.45) is 1.57. The van der Waals surface area contributed by atoms with Crippen molar-refractivity contribution in [3.05, 3.63) is 54.9 Å². The fourth-order valence-corrected chi connectivity index (χ4v) is 1.93. The lowest BCUT2D eigenvalue weighted by atomic mass is 10.1. The number of rotatable bonds is 1. The van der Waals surface area contributed by atoms with E-state index in [-0.39, 0.29) is 0 Å². The van der Waals surface area contributed by atoms with E-state index in [1.54, 1.807) is 6.33 Å². The van der Waals surface area contributed by atoms with Crippen LogP contribution in [0.5, 0.6) is 0 Å². The Kier molecular flexibility index (Phi) is 2.22. The molecular weight excluding hydrogens is 210 g/mol. The van der Waals surface area contributed by atoms with Gasteiger partial charge in [-0.3, -0.25) is 0 Å². The van der Waals surface area contributed by atoms with Crippen molar-refractivity contribution >= 4 is 16.6 Å². The fourth-order valence-electron chi connectivity index (χ4n) is 1.93. The highest BCUT2D eigenvalue weighted by molar-refractivity contribution is 5.94. The molecule has 0 saturated carbocycles. The Labute approximate surface area is 98.9 Å². The molecule has 0 aliphatic rings. The predicted molar refractivity (Wildman–Crippen MR) is 69.4 cm³/mol. The number of anilines is 1. The molecule has 1 aromatic heterocycles. The second-order valence-corrected chi connectivity index (χ2v) is 3.83. The minimum atomic E-state index is 0.733. The van der Waals surface area contributed by atoms with Gasteiger partial charge in [-0.1, -0.05) is 36.4 Å². The highest BCUT2D eigenvalue weighted by atomic mass is 14.8. The second-order valence-electron chi connectivity index (χ2n) is 3.83. The summed E-state index contributed by atoms with van der Waals surface area (Å²) in [4.78, 5) is 8.59. The Balaban J connectivity index is 2.35. The molecule has 82 valence electrons. The number of para-hydroxylation sites is 2. The normalized spacial score (nSPS) is 10.6. The molecule has 3 heteroatoms. The Morgan fingerprint density at radius 1 is 0.824 bits per heavy atom. The summed E-state index contributed by atoms with van der Waals surface area (Å²) in [7, 11) is 0. The standard InChI is InChI=1S/C14H11N3/c15-12-7-3-1-5-10(12)14-11-6-2-4-8-13(11)16-9-17-14/h1-9H,15H2. The third-order valence-electron chi connectivity index (χ3n) is 2.76. The molecule has 0 fully saturated rings. The van der Waals surface area contributed by atoms with Crippen molar-refractivity contribution in [1.29, 1.82) is 0 Å². The van der Waals surface area contributed by atoms with Crippen LogP contribution < -0.4 is 5.73 Å². The van der Waals surface area contributed by atoms with Crippen LogP contribution in [0, 0.1) is 0 Å². The minimum Gasteiger partial charge on any atom is -0.398 e. The number of nitrogens with zero attached hydrogens (tertiary/aromatic N) is 2. The number of hydrogen-bond donors (Lipinski definition) is 1. The topological polar surface area (TPSA) is 51.8 Å². The van der Waals surface area contributed by atoms with E-state index in [9.17, 15) is 0 Å². The van der Waals surface area contributed by atoms with E-state index in [4.69, 9.17) is 5.73 Å². The first kappa shape index (κ1) is 9.78. The van der Waals surface area contributed by atoms with Crippen molar-refractivity contribution < 1.29 is 0 Å². The van der Waals surface area contributed by atoms with Gasteiger partial charge in [0.25, 0.3) is 0 Å². The molecule has 1 heterocycles. The van der Waals surface area contributed by atoms with E-state index in [0.29, 0.717) is 0 Å². The molecule has 0 aliphatic heterocycles. The van der Waals surface area contributed by atoms with Crippen LogP contribution in [0.25, 0.3) is 22.2 Å². The largest absolute Gasteiger partial charge is 0.398 e. The zero-order valence-corrected chi connectivity index (χ0v) is 9.17. The van der Waals surface area contributed by atoms with Crippen LogP contribution in [0.1, 0.15) is 0 Å². The number of aromatic nitrogens is 2. The lowest BCUT2D eigenvalue weighted by Gasteiger charge is -2.07. The van der Waals surface area contributed by atoms with Crippen LogP contribution in [0.4, 0.5) is 5.69 Å². The van der Waals surface area contributed by atoms with Gasteiger partial charge < -0.3 is 5.73 Å². The van der Waals surface area contributed by atoms with Gasteiger partial charge in [-0.15, -0.1) is 0 Å². The van der Waals surface area contributed by atoms with E-state index in [0.717, 1.165) is 27.8 Å². The van der Waals surface area contributed by atoms with Gasteiger partial charge in [0.2, 0.25) is 0 Å². The molecule has 0 amide bonds. The Morgan fingerprint density at radius 2 is 1.59 bits per heavy atom. The van der Waals surface area contributed by atoms with Crippen molar-refractivity contribution in [2.75, 3.05) is 5.73 Å². The molecule has 3 aromatic rings. The van der Waals surface area contributed by atoms with Gasteiger partial charge in [0.15, 0.2) is 0 Å². The summed E-state index contributed by atoms with van der Waals surface area (Å²) in [6.45, 7) is 0. The lowest BCUT2D eigenvalue weighted by molar-refractivity contribution is 1.22. The van der Waals surface area contributed by atoms with Crippen LogP contribution in [-0.4, -0.2) is 9.97 Å². The molecule has 2 N–H and O–H groups in total. The summed E-state index contributed by atoms with van der Waals surface area (Å²) >= 11 is 0. The lowest BCUT2D eigenvalue weighted by Crippen LogP contribution is -1.93. The third kappa shape index (κ3) is 1.61. The molecule has 0 saturated heterocycles. The van der Waals surface area contributed by atoms with Crippen LogP contribution in [-0.2, 0) is 0 Å². The zero-order chi connectivity index (χ0) is 11.7. The molecule has 3 rings (SSSR count). The van der Waals surface area contributed by atoms with Crippen molar-refractivity contribution in [3.8, 4) is 11.3 Å². The monoisotopic (exact) mass is 221 g/mol. The maximum Gasteiger partial charge on any atom is 0.116 e. The molecule has 2 aromatic carbocycles. The van der Waals surface area contributed by atoms with Crippen molar-refractivity contribution in [3.63, 3.8) is 0 Å². The summed E-state index contributed by atoms with van der Waals surface area (Å²) < 4.78 is 0. The van der Waals surface area contributed by atoms with Crippen LogP contribution in [0.15, 0.2) is 54.9 Å². The zero-order valence-electron chi connectivity index (χ0n) is 9.17. The number of fused-ring (bicyclic) bond motifs is 1.